The van der Waals surface area contributed by atoms with E-state index < -0.39 is 0 Å². The quantitative estimate of drug-likeness (QED) is 0.594. The Labute approximate surface area is 73.9 Å². The first-order valence-electron chi connectivity index (χ1n) is 2.81. The van der Waals surface area contributed by atoms with Crippen molar-refractivity contribution in [1.82, 2.24) is 0 Å². The number of hydrogen-bond acceptors (Lipinski definition) is 2. The minimum Gasteiger partial charge on any atom is -0.482 e. The molecule has 0 unspecified atom stereocenters. The third-order valence-corrected chi connectivity index (χ3v) is 1.59. The van der Waals surface area contributed by atoms with Crippen molar-refractivity contribution in [3.8, 4) is 5.75 Å². The zero-order valence-electron chi connectivity index (χ0n) is 5.25. The molecule has 10 heavy (non-hydrogen) atoms. The molecule has 0 aromatic heterocycles. The molecule has 0 N–H and O–H groups in total. The zero-order chi connectivity index (χ0) is 7.40. The Morgan fingerprint density at radius 3 is 2.40 bits per heavy atom. The molecule has 0 fully saturated rings. The van der Waals surface area contributed by atoms with Crippen LogP contribution in [0.2, 0.25) is 0 Å². The van der Waals surface area contributed by atoms with Crippen molar-refractivity contribution in [2.24, 2.45) is 0 Å². The summed E-state index contributed by atoms with van der Waals surface area (Å²) in [5.74, 6) is 0.856. The summed E-state index contributed by atoms with van der Waals surface area (Å²) >= 11 is 7.30. The van der Waals surface area contributed by atoms with Gasteiger partial charge in [0.2, 0.25) is 0 Å². The first-order chi connectivity index (χ1) is 4.83. The Bertz CT molecular complexity index is 197. The second kappa shape index (κ2) is 3.88. The van der Waals surface area contributed by atoms with Crippen molar-refractivity contribution in [3.05, 3.63) is 24.3 Å². The zero-order valence-corrected chi connectivity index (χ0v) is 7.73. The second-order valence-corrected chi connectivity index (χ2v) is 2.72. The molecule has 1 aromatic carbocycles. The molecule has 1 rings (SSSR count). The first-order valence-corrected chi connectivity index (χ1v) is 4.37. The maximum Gasteiger partial charge on any atom is 0.143 e. The van der Waals surface area contributed by atoms with Gasteiger partial charge in [0.05, 0.1) is 0 Å². The fraction of sp³-hybridized carbons (Fsp3) is 0.143. The third-order valence-electron chi connectivity index (χ3n) is 1.06. The lowest BCUT2D eigenvalue weighted by atomic mass is 10.3. The van der Waals surface area contributed by atoms with Crippen LogP contribution in [0.1, 0.15) is 0 Å². The van der Waals surface area contributed by atoms with Gasteiger partial charge in [0.1, 0.15) is 11.3 Å². The maximum absolute atomic E-state index is 5.14. The third kappa shape index (κ3) is 2.23. The Hall–Kier alpha value is -0.150. The van der Waals surface area contributed by atoms with Gasteiger partial charge in [-0.2, -0.15) is 0 Å². The molecule has 0 aliphatic carbocycles. The highest BCUT2D eigenvalue weighted by Gasteiger charge is 1.88. The van der Waals surface area contributed by atoms with Crippen molar-refractivity contribution in [3.63, 3.8) is 0 Å². The van der Waals surface area contributed by atoms with E-state index in [-0.39, 0.29) is 0 Å². The smallest absolute Gasteiger partial charge is 0.143 e. The highest BCUT2D eigenvalue weighted by Crippen LogP contribution is 2.14. The first kappa shape index (κ1) is 7.95. The Morgan fingerprint density at radius 2 is 1.90 bits per heavy atom. The normalized spacial score (nSPS) is 9.40. The van der Waals surface area contributed by atoms with Crippen molar-refractivity contribution in [2.45, 2.75) is 4.90 Å². The van der Waals surface area contributed by atoms with E-state index in [9.17, 15) is 0 Å². The molecule has 1 nitrogen and oxygen atoms in total. The van der Waals surface area contributed by atoms with Crippen LogP contribution in [0.4, 0.5) is 0 Å². The van der Waals surface area contributed by atoms with Crippen molar-refractivity contribution < 1.29 is 4.74 Å². The van der Waals surface area contributed by atoms with E-state index >= 15 is 0 Å². The Kier molecular flexibility index (Phi) is 3.09. The number of benzene rings is 1. The van der Waals surface area contributed by atoms with E-state index in [2.05, 4.69) is 28.6 Å². The molecule has 0 amide bonds. The summed E-state index contributed by atoms with van der Waals surface area (Å²) in [6.45, 7) is 0. The molecule has 0 aliphatic rings. The molecule has 3 heteroatoms. The summed E-state index contributed by atoms with van der Waals surface area (Å²) in [7, 11) is 0. The lowest BCUT2D eigenvalue weighted by Crippen LogP contribution is -1.86. The van der Waals surface area contributed by atoms with Gasteiger partial charge in [-0.05, 0) is 40.2 Å². The molecule has 0 heterocycles. The van der Waals surface area contributed by atoms with Gasteiger partial charge in [-0.3, -0.25) is 0 Å². The SMILES string of the molecule is Sc1ccc(OCBr)cc1. The van der Waals surface area contributed by atoms with Crippen LogP contribution in [-0.2, 0) is 0 Å². The van der Waals surface area contributed by atoms with Gasteiger partial charge in [0.25, 0.3) is 0 Å². The monoisotopic (exact) mass is 218 g/mol. The summed E-state index contributed by atoms with van der Waals surface area (Å²) < 4.78 is 5.14. The fourth-order valence-electron chi connectivity index (χ4n) is 0.605. The number of halogens is 1. The topological polar surface area (TPSA) is 9.23 Å². The van der Waals surface area contributed by atoms with Gasteiger partial charge >= 0.3 is 0 Å². The predicted molar refractivity (Wildman–Crippen MR) is 48.1 cm³/mol. The van der Waals surface area contributed by atoms with E-state index in [0.29, 0.717) is 5.52 Å². The second-order valence-electron chi connectivity index (χ2n) is 1.75. The summed E-state index contributed by atoms with van der Waals surface area (Å²) in [6, 6.07) is 7.54. The van der Waals surface area contributed by atoms with E-state index in [1.807, 2.05) is 24.3 Å². The van der Waals surface area contributed by atoms with Crippen LogP contribution in [0.15, 0.2) is 29.2 Å². The van der Waals surface area contributed by atoms with E-state index in [1.54, 1.807) is 0 Å². The summed E-state index contributed by atoms with van der Waals surface area (Å²) in [6.07, 6.45) is 0. The molecule has 0 atom stereocenters. The van der Waals surface area contributed by atoms with Gasteiger partial charge in [-0.25, -0.2) is 0 Å². The average molecular weight is 219 g/mol. The number of hydrogen-bond donors (Lipinski definition) is 1. The molecule has 0 saturated heterocycles. The molecule has 1 aromatic rings. The average Bonchev–Trinajstić information content (AvgIpc) is 1.95. The van der Waals surface area contributed by atoms with E-state index in [0.717, 1.165) is 10.6 Å². The molecule has 54 valence electrons. The number of alkyl halides is 1. The van der Waals surface area contributed by atoms with Gasteiger partial charge in [-0.1, -0.05) is 0 Å². The largest absolute Gasteiger partial charge is 0.482 e. The minimum absolute atomic E-state index is 0.527. The van der Waals surface area contributed by atoms with Crippen LogP contribution in [0, 0.1) is 0 Å². The van der Waals surface area contributed by atoms with Crippen LogP contribution in [0.3, 0.4) is 0 Å². The van der Waals surface area contributed by atoms with Crippen LogP contribution in [0.25, 0.3) is 0 Å². The lowest BCUT2D eigenvalue weighted by Gasteiger charge is -1.99. The van der Waals surface area contributed by atoms with Gasteiger partial charge in [-0.15, -0.1) is 12.6 Å². The van der Waals surface area contributed by atoms with Crippen LogP contribution >= 0.6 is 28.6 Å². The van der Waals surface area contributed by atoms with Crippen LogP contribution in [-0.4, -0.2) is 5.52 Å². The van der Waals surface area contributed by atoms with Crippen molar-refractivity contribution in [1.29, 1.82) is 0 Å². The van der Waals surface area contributed by atoms with Gasteiger partial charge < -0.3 is 4.74 Å². The maximum atomic E-state index is 5.14. The fourth-order valence-corrected chi connectivity index (χ4v) is 1.02. The Balaban J connectivity index is 2.69. The molecular weight excluding hydrogens is 212 g/mol. The van der Waals surface area contributed by atoms with Gasteiger partial charge in [0, 0.05) is 4.90 Å². The number of thiol groups is 1. The summed E-state index contributed by atoms with van der Waals surface area (Å²) in [5.41, 5.74) is 0.527. The number of ether oxygens (including phenoxy) is 1. The molecule has 0 radical (unpaired) electrons. The predicted octanol–water partition coefficient (Wildman–Crippen LogP) is 2.71. The van der Waals surface area contributed by atoms with Crippen molar-refractivity contribution >= 4 is 28.6 Å². The molecule has 0 bridgehead atoms. The molecule has 0 saturated carbocycles. The highest BCUT2D eigenvalue weighted by atomic mass is 79.9. The van der Waals surface area contributed by atoms with E-state index in [4.69, 9.17) is 4.74 Å². The molecule has 0 spiro atoms. The highest BCUT2D eigenvalue weighted by molar-refractivity contribution is 9.09. The molecular formula is C7H7BrOS. The van der Waals surface area contributed by atoms with Crippen molar-refractivity contribution in [2.75, 3.05) is 5.52 Å². The Morgan fingerprint density at radius 1 is 1.30 bits per heavy atom. The standard InChI is InChI=1S/C7H7BrOS/c8-5-9-6-1-3-7(10)4-2-6/h1-4,10H,5H2. The lowest BCUT2D eigenvalue weighted by molar-refractivity contribution is 0.397. The summed E-state index contributed by atoms with van der Waals surface area (Å²) in [4.78, 5) is 0.946. The van der Waals surface area contributed by atoms with E-state index in [1.165, 1.54) is 0 Å². The molecule has 0 aliphatic heterocycles. The minimum atomic E-state index is 0.527. The van der Waals surface area contributed by atoms with Crippen LogP contribution < -0.4 is 4.74 Å². The van der Waals surface area contributed by atoms with Crippen LogP contribution in [0.5, 0.6) is 5.75 Å². The van der Waals surface area contributed by atoms with Gasteiger partial charge in [0.15, 0.2) is 0 Å². The summed E-state index contributed by atoms with van der Waals surface area (Å²) in [5, 5.41) is 0. The number of rotatable bonds is 2.